The molecular formula is C20H16N2O3. The summed E-state index contributed by atoms with van der Waals surface area (Å²) in [4.78, 5) is 0. The maximum absolute atomic E-state index is 5.86. The van der Waals surface area contributed by atoms with Crippen molar-refractivity contribution in [1.29, 1.82) is 0 Å². The Morgan fingerprint density at radius 1 is 0.680 bits per heavy atom. The van der Waals surface area contributed by atoms with Crippen LogP contribution in [-0.2, 0) is 18.0 Å². The predicted molar refractivity (Wildman–Crippen MR) is 92.4 cm³/mol. The molecule has 5 nitrogen and oxygen atoms in total. The van der Waals surface area contributed by atoms with Crippen molar-refractivity contribution in [1.82, 2.24) is 10.3 Å². The molecule has 0 saturated heterocycles. The molecule has 0 bridgehead atoms. The molecule has 0 atom stereocenters. The van der Waals surface area contributed by atoms with Gasteiger partial charge in [-0.25, -0.2) is 0 Å². The van der Waals surface area contributed by atoms with E-state index >= 15 is 0 Å². The zero-order chi connectivity index (χ0) is 16.9. The van der Waals surface area contributed by atoms with E-state index in [4.69, 9.17) is 13.8 Å². The second-order valence-electron chi connectivity index (χ2n) is 5.66. The summed E-state index contributed by atoms with van der Waals surface area (Å²) in [6, 6.07) is 19.9. The van der Waals surface area contributed by atoms with Crippen LogP contribution in [-0.4, -0.2) is 10.3 Å². The molecular weight excluding hydrogens is 316 g/mol. The van der Waals surface area contributed by atoms with Crippen LogP contribution in [0, 0.1) is 0 Å². The van der Waals surface area contributed by atoms with Gasteiger partial charge in [-0.2, -0.15) is 0 Å². The third-order valence-corrected chi connectivity index (χ3v) is 3.86. The topological polar surface area (TPSA) is 61.3 Å². The van der Waals surface area contributed by atoms with E-state index in [9.17, 15) is 0 Å². The fraction of sp³-hybridized carbons (Fsp3) is 0.100. The summed E-state index contributed by atoms with van der Waals surface area (Å²) in [5.41, 5.74) is 5.86. The maximum atomic E-state index is 5.86. The molecule has 0 amide bonds. The van der Waals surface area contributed by atoms with Crippen LogP contribution in [0.1, 0.15) is 11.1 Å². The summed E-state index contributed by atoms with van der Waals surface area (Å²) in [7, 11) is 0. The van der Waals surface area contributed by atoms with Crippen LogP contribution in [0.25, 0.3) is 22.5 Å². The van der Waals surface area contributed by atoms with Gasteiger partial charge in [-0.15, -0.1) is 0 Å². The standard InChI is InChI=1S/C20H16N2O3/c1-3-15(11-17(5-1)19-7-9-24-21-19)13-23-14-16-4-2-6-18(12-16)20-8-10-25-22-20/h1-12H,13-14H2. The van der Waals surface area contributed by atoms with Gasteiger partial charge in [0, 0.05) is 23.3 Å². The van der Waals surface area contributed by atoms with Crippen molar-refractivity contribution in [2.75, 3.05) is 0 Å². The fourth-order valence-corrected chi connectivity index (χ4v) is 2.65. The van der Waals surface area contributed by atoms with Gasteiger partial charge >= 0.3 is 0 Å². The largest absolute Gasteiger partial charge is 0.372 e. The molecule has 25 heavy (non-hydrogen) atoms. The Balaban J connectivity index is 1.40. The highest BCUT2D eigenvalue weighted by Gasteiger charge is 2.04. The minimum atomic E-state index is 0.528. The normalized spacial score (nSPS) is 10.9. The Labute approximate surface area is 144 Å². The molecule has 0 aliphatic rings. The number of ether oxygens (including phenoxy) is 1. The van der Waals surface area contributed by atoms with E-state index in [0.29, 0.717) is 13.2 Å². The Bertz CT molecular complexity index is 854. The molecule has 0 N–H and O–H groups in total. The Morgan fingerprint density at radius 2 is 1.20 bits per heavy atom. The first-order valence-electron chi connectivity index (χ1n) is 7.95. The maximum Gasteiger partial charge on any atom is 0.124 e. The third kappa shape index (κ3) is 3.67. The SMILES string of the molecule is c1cc(COCc2cccc(-c3ccon3)c2)cc(-c2ccon2)c1. The van der Waals surface area contributed by atoms with Crippen LogP contribution in [0.2, 0.25) is 0 Å². The van der Waals surface area contributed by atoms with Gasteiger partial charge in [0.05, 0.1) is 13.2 Å². The Hall–Kier alpha value is -3.18. The highest BCUT2D eigenvalue weighted by atomic mass is 16.5. The van der Waals surface area contributed by atoms with E-state index in [0.717, 1.165) is 33.6 Å². The summed E-state index contributed by atoms with van der Waals surface area (Å²) < 4.78 is 15.7. The molecule has 0 unspecified atom stereocenters. The average molecular weight is 332 g/mol. The minimum Gasteiger partial charge on any atom is -0.372 e. The lowest BCUT2D eigenvalue weighted by atomic mass is 10.1. The third-order valence-electron chi connectivity index (χ3n) is 3.86. The summed E-state index contributed by atoms with van der Waals surface area (Å²) in [5.74, 6) is 0. The van der Waals surface area contributed by atoms with Crippen LogP contribution in [0.4, 0.5) is 0 Å². The minimum absolute atomic E-state index is 0.528. The Kier molecular flexibility index (Phi) is 4.39. The second-order valence-corrected chi connectivity index (χ2v) is 5.66. The van der Waals surface area contributed by atoms with Gasteiger partial charge < -0.3 is 13.8 Å². The van der Waals surface area contributed by atoms with Crippen LogP contribution in [0.15, 0.2) is 82.2 Å². The number of aromatic nitrogens is 2. The van der Waals surface area contributed by atoms with Crippen molar-refractivity contribution >= 4 is 0 Å². The zero-order valence-corrected chi connectivity index (χ0v) is 13.5. The Morgan fingerprint density at radius 3 is 1.64 bits per heavy atom. The first kappa shape index (κ1) is 15.4. The number of hydrogen-bond acceptors (Lipinski definition) is 5. The van der Waals surface area contributed by atoms with Gasteiger partial charge in [-0.05, 0) is 23.3 Å². The number of hydrogen-bond donors (Lipinski definition) is 0. The van der Waals surface area contributed by atoms with Gasteiger partial charge in [0.1, 0.15) is 23.9 Å². The summed E-state index contributed by atoms with van der Waals surface area (Å²) in [6.07, 6.45) is 3.14. The average Bonchev–Trinajstić information content (AvgIpc) is 3.36. The lowest BCUT2D eigenvalue weighted by Gasteiger charge is -2.07. The molecule has 0 fully saturated rings. The second kappa shape index (κ2) is 7.15. The molecule has 0 spiro atoms. The van der Waals surface area contributed by atoms with Crippen molar-refractivity contribution in [2.45, 2.75) is 13.2 Å². The van der Waals surface area contributed by atoms with Crippen LogP contribution in [0.5, 0.6) is 0 Å². The van der Waals surface area contributed by atoms with Crippen molar-refractivity contribution < 1.29 is 13.8 Å². The van der Waals surface area contributed by atoms with Gasteiger partial charge in [-0.1, -0.05) is 46.7 Å². The highest BCUT2D eigenvalue weighted by molar-refractivity contribution is 5.59. The van der Waals surface area contributed by atoms with Crippen LogP contribution in [0.3, 0.4) is 0 Å². The lowest BCUT2D eigenvalue weighted by molar-refractivity contribution is 0.107. The molecule has 0 saturated carbocycles. The van der Waals surface area contributed by atoms with Gasteiger partial charge in [0.25, 0.3) is 0 Å². The molecule has 5 heteroatoms. The molecule has 2 aromatic heterocycles. The smallest absolute Gasteiger partial charge is 0.124 e. The van der Waals surface area contributed by atoms with Crippen LogP contribution < -0.4 is 0 Å². The predicted octanol–water partition coefficient (Wildman–Crippen LogP) is 4.71. The monoisotopic (exact) mass is 332 g/mol. The van der Waals surface area contributed by atoms with Crippen LogP contribution >= 0.6 is 0 Å². The number of rotatable bonds is 6. The van der Waals surface area contributed by atoms with E-state index in [2.05, 4.69) is 22.4 Å². The zero-order valence-electron chi connectivity index (χ0n) is 13.5. The number of nitrogens with zero attached hydrogens (tertiary/aromatic N) is 2. The van der Waals surface area contributed by atoms with E-state index in [1.807, 2.05) is 48.5 Å². The van der Waals surface area contributed by atoms with Gasteiger partial charge in [-0.3, -0.25) is 0 Å². The van der Waals surface area contributed by atoms with Gasteiger partial charge in [0.15, 0.2) is 0 Å². The van der Waals surface area contributed by atoms with E-state index in [1.54, 1.807) is 12.5 Å². The first-order chi connectivity index (χ1) is 12.4. The van der Waals surface area contributed by atoms with Crippen molar-refractivity contribution in [3.8, 4) is 22.5 Å². The fourth-order valence-electron chi connectivity index (χ4n) is 2.65. The number of benzene rings is 2. The van der Waals surface area contributed by atoms with Crippen molar-refractivity contribution in [3.05, 3.63) is 84.3 Å². The molecule has 4 rings (SSSR count). The van der Waals surface area contributed by atoms with Crippen molar-refractivity contribution in [2.24, 2.45) is 0 Å². The highest BCUT2D eigenvalue weighted by Crippen LogP contribution is 2.20. The van der Waals surface area contributed by atoms with Crippen molar-refractivity contribution in [3.63, 3.8) is 0 Å². The molecule has 4 aromatic rings. The molecule has 0 aliphatic carbocycles. The molecule has 0 aliphatic heterocycles. The molecule has 2 aromatic carbocycles. The van der Waals surface area contributed by atoms with E-state index < -0.39 is 0 Å². The lowest BCUT2D eigenvalue weighted by Crippen LogP contribution is -1.95. The molecule has 2 heterocycles. The first-order valence-corrected chi connectivity index (χ1v) is 7.95. The van der Waals surface area contributed by atoms with Gasteiger partial charge in [0.2, 0.25) is 0 Å². The molecule has 124 valence electrons. The van der Waals surface area contributed by atoms with E-state index in [1.165, 1.54) is 0 Å². The molecule has 0 radical (unpaired) electrons. The summed E-state index contributed by atoms with van der Waals surface area (Å²) >= 11 is 0. The quantitative estimate of drug-likeness (QED) is 0.511. The summed E-state index contributed by atoms with van der Waals surface area (Å²) in [5, 5.41) is 7.92. The summed E-state index contributed by atoms with van der Waals surface area (Å²) in [6.45, 7) is 1.06. The van der Waals surface area contributed by atoms with E-state index in [-0.39, 0.29) is 0 Å².